The summed E-state index contributed by atoms with van der Waals surface area (Å²) in [7, 11) is 0. The van der Waals surface area contributed by atoms with Crippen LogP contribution >= 0.6 is 0 Å². The van der Waals surface area contributed by atoms with Crippen molar-refractivity contribution in [1.29, 1.82) is 0 Å². The molecule has 1 unspecified atom stereocenters. The summed E-state index contributed by atoms with van der Waals surface area (Å²) in [5.41, 5.74) is 1.30. The van der Waals surface area contributed by atoms with Crippen LogP contribution in [0.15, 0.2) is 41.5 Å². The van der Waals surface area contributed by atoms with Gasteiger partial charge in [0.05, 0.1) is 18.3 Å². The minimum atomic E-state index is -0.496. The SMILES string of the molecule is CC(C)COc1cccc(C2C=Nc3[nH]ccc3N2C(=O)C(C)(C)C)c1. The Hall–Kier alpha value is -2.56. The molecule has 0 bridgehead atoms. The molecule has 5 nitrogen and oxygen atoms in total. The van der Waals surface area contributed by atoms with Crippen molar-refractivity contribution in [1.82, 2.24) is 4.98 Å². The number of ether oxygens (including phenoxy) is 1. The molecule has 1 aliphatic heterocycles. The van der Waals surface area contributed by atoms with Gasteiger partial charge in [0.25, 0.3) is 0 Å². The Morgan fingerprint density at radius 3 is 2.77 bits per heavy atom. The molecule has 0 saturated heterocycles. The smallest absolute Gasteiger partial charge is 0.233 e. The quantitative estimate of drug-likeness (QED) is 0.851. The first kappa shape index (κ1) is 18.2. The van der Waals surface area contributed by atoms with E-state index in [1.165, 1.54) is 0 Å². The fraction of sp³-hybridized carbons (Fsp3) is 0.429. The minimum absolute atomic E-state index is 0.0583. The lowest BCUT2D eigenvalue weighted by Gasteiger charge is -2.36. The molecule has 3 rings (SSSR count). The van der Waals surface area contributed by atoms with Crippen LogP contribution in [0, 0.1) is 11.3 Å². The van der Waals surface area contributed by atoms with E-state index in [1.807, 2.05) is 68.4 Å². The summed E-state index contributed by atoms with van der Waals surface area (Å²) in [6.45, 7) is 10.7. The maximum atomic E-state index is 13.2. The number of hydrogen-bond donors (Lipinski definition) is 1. The molecule has 1 N–H and O–H groups in total. The molecule has 138 valence electrons. The van der Waals surface area contributed by atoms with E-state index in [4.69, 9.17) is 4.74 Å². The van der Waals surface area contributed by atoms with Crippen LogP contribution in [0.2, 0.25) is 0 Å². The number of anilines is 1. The van der Waals surface area contributed by atoms with Gasteiger partial charge < -0.3 is 9.72 Å². The summed E-state index contributed by atoms with van der Waals surface area (Å²) in [5.74, 6) is 2.04. The van der Waals surface area contributed by atoms with Crippen molar-refractivity contribution in [2.75, 3.05) is 11.5 Å². The van der Waals surface area contributed by atoms with Crippen LogP contribution in [0.1, 0.15) is 46.2 Å². The predicted octanol–water partition coefficient (Wildman–Crippen LogP) is 4.89. The van der Waals surface area contributed by atoms with Crippen LogP contribution in [0.4, 0.5) is 11.5 Å². The highest BCUT2D eigenvalue weighted by molar-refractivity contribution is 6.04. The normalized spacial score (nSPS) is 16.7. The molecule has 0 aliphatic carbocycles. The van der Waals surface area contributed by atoms with E-state index >= 15 is 0 Å². The number of rotatable bonds is 4. The lowest BCUT2D eigenvalue weighted by molar-refractivity contribution is -0.126. The fourth-order valence-electron chi connectivity index (χ4n) is 2.90. The molecule has 1 aliphatic rings. The highest BCUT2D eigenvalue weighted by Gasteiger charge is 2.36. The van der Waals surface area contributed by atoms with Gasteiger partial charge in [-0.15, -0.1) is 0 Å². The maximum Gasteiger partial charge on any atom is 0.233 e. The second-order valence-corrected chi connectivity index (χ2v) is 8.14. The zero-order valence-electron chi connectivity index (χ0n) is 16.1. The number of carbonyl (C=O) groups excluding carboxylic acids is 1. The molecule has 2 heterocycles. The van der Waals surface area contributed by atoms with Gasteiger partial charge in [-0.3, -0.25) is 9.69 Å². The van der Waals surface area contributed by atoms with Crippen LogP contribution < -0.4 is 9.64 Å². The zero-order chi connectivity index (χ0) is 18.9. The highest BCUT2D eigenvalue weighted by atomic mass is 16.5. The highest BCUT2D eigenvalue weighted by Crippen LogP contribution is 2.40. The lowest BCUT2D eigenvalue weighted by Crippen LogP contribution is -2.43. The van der Waals surface area contributed by atoms with Gasteiger partial charge in [0, 0.05) is 17.8 Å². The number of carbonyl (C=O) groups is 1. The van der Waals surface area contributed by atoms with E-state index in [9.17, 15) is 4.79 Å². The number of nitrogens with zero attached hydrogens (tertiary/aromatic N) is 2. The van der Waals surface area contributed by atoms with Crippen LogP contribution in [0.25, 0.3) is 0 Å². The number of nitrogens with one attached hydrogen (secondary N) is 1. The van der Waals surface area contributed by atoms with E-state index in [1.54, 1.807) is 0 Å². The molecule has 0 fully saturated rings. The average molecular weight is 353 g/mol. The summed E-state index contributed by atoms with van der Waals surface area (Å²) in [5, 5.41) is 0. The number of aliphatic imine (C=N–C) groups is 1. The van der Waals surface area contributed by atoms with Crippen molar-refractivity contribution in [3.8, 4) is 5.75 Å². The van der Waals surface area contributed by atoms with Crippen LogP contribution in [0.5, 0.6) is 5.75 Å². The Bertz CT molecular complexity index is 815. The first-order valence-corrected chi connectivity index (χ1v) is 9.05. The Labute approximate surface area is 155 Å². The van der Waals surface area contributed by atoms with Gasteiger partial charge >= 0.3 is 0 Å². The molecule has 1 aromatic carbocycles. The lowest BCUT2D eigenvalue weighted by atomic mass is 9.92. The molecule has 2 aromatic rings. The average Bonchev–Trinajstić information content (AvgIpc) is 3.06. The zero-order valence-corrected chi connectivity index (χ0v) is 16.1. The van der Waals surface area contributed by atoms with E-state index in [-0.39, 0.29) is 11.9 Å². The molecule has 0 saturated carbocycles. The van der Waals surface area contributed by atoms with Gasteiger partial charge in [0.15, 0.2) is 5.82 Å². The first-order chi connectivity index (χ1) is 12.3. The van der Waals surface area contributed by atoms with Crippen molar-refractivity contribution in [2.45, 2.75) is 40.7 Å². The van der Waals surface area contributed by atoms with E-state index in [0.717, 1.165) is 17.0 Å². The van der Waals surface area contributed by atoms with Crippen molar-refractivity contribution >= 4 is 23.6 Å². The topological polar surface area (TPSA) is 57.7 Å². The Balaban J connectivity index is 1.97. The summed E-state index contributed by atoms with van der Waals surface area (Å²) in [6.07, 6.45) is 3.64. The summed E-state index contributed by atoms with van der Waals surface area (Å²) in [6, 6.07) is 9.57. The number of aromatic amines is 1. The molecule has 1 amide bonds. The Kier molecular flexibility index (Phi) is 4.90. The van der Waals surface area contributed by atoms with Gasteiger partial charge in [-0.1, -0.05) is 46.8 Å². The molecule has 1 atom stereocenters. The largest absolute Gasteiger partial charge is 0.493 e. The van der Waals surface area contributed by atoms with E-state index in [2.05, 4.69) is 23.8 Å². The van der Waals surface area contributed by atoms with Crippen molar-refractivity contribution in [3.05, 3.63) is 42.1 Å². The second-order valence-electron chi connectivity index (χ2n) is 8.14. The number of H-pyrrole nitrogens is 1. The third-order valence-electron chi connectivity index (χ3n) is 4.23. The van der Waals surface area contributed by atoms with E-state index < -0.39 is 5.41 Å². The fourth-order valence-corrected chi connectivity index (χ4v) is 2.90. The maximum absolute atomic E-state index is 13.2. The number of hydrogen-bond acceptors (Lipinski definition) is 3. The summed E-state index contributed by atoms with van der Waals surface area (Å²) >= 11 is 0. The van der Waals surface area contributed by atoms with Crippen molar-refractivity contribution in [2.24, 2.45) is 16.3 Å². The Morgan fingerprint density at radius 2 is 2.08 bits per heavy atom. The second kappa shape index (κ2) is 6.98. The van der Waals surface area contributed by atoms with Crippen LogP contribution in [0.3, 0.4) is 0 Å². The van der Waals surface area contributed by atoms with Gasteiger partial charge in [-0.25, -0.2) is 4.99 Å². The predicted molar refractivity (Wildman–Crippen MR) is 105 cm³/mol. The van der Waals surface area contributed by atoms with Gasteiger partial charge in [-0.2, -0.15) is 0 Å². The van der Waals surface area contributed by atoms with Gasteiger partial charge in [0.2, 0.25) is 5.91 Å². The van der Waals surface area contributed by atoms with Crippen LogP contribution in [-0.2, 0) is 4.79 Å². The molecule has 0 radical (unpaired) electrons. The number of fused-ring (bicyclic) bond motifs is 1. The third kappa shape index (κ3) is 3.66. The molecule has 5 heteroatoms. The third-order valence-corrected chi connectivity index (χ3v) is 4.23. The first-order valence-electron chi connectivity index (χ1n) is 9.05. The van der Waals surface area contributed by atoms with Gasteiger partial charge in [0.1, 0.15) is 5.75 Å². The minimum Gasteiger partial charge on any atom is -0.493 e. The number of amides is 1. The molecule has 26 heavy (non-hydrogen) atoms. The monoisotopic (exact) mass is 353 g/mol. The van der Waals surface area contributed by atoms with Gasteiger partial charge in [-0.05, 0) is 29.7 Å². The van der Waals surface area contributed by atoms with E-state index in [0.29, 0.717) is 18.3 Å². The Morgan fingerprint density at radius 1 is 1.31 bits per heavy atom. The molecular weight excluding hydrogens is 326 g/mol. The number of aromatic nitrogens is 1. The molecule has 1 aromatic heterocycles. The van der Waals surface area contributed by atoms with Crippen molar-refractivity contribution in [3.63, 3.8) is 0 Å². The number of benzene rings is 1. The molecular formula is C21H27N3O2. The molecule has 0 spiro atoms. The van der Waals surface area contributed by atoms with Crippen molar-refractivity contribution < 1.29 is 9.53 Å². The summed E-state index contributed by atoms with van der Waals surface area (Å²) in [4.78, 5) is 22.6. The van der Waals surface area contributed by atoms with Crippen LogP contribution in [-0.4, -0.2) is 23.7 Å². The summed E-state index contributed by atoms with van der Waals surface area (Å²) < 4.78 is 5.86. The standard InChI is InChI=1S/C21H27N3O2/c1-14(2)13-26-16-8-6-7-15(11-16)18-12-23-19-17(9-10-22-19)24(18)20(25)21(3,4)5/h6-12,14,18,22H,13H2,1-5H3.